The number of nitrogens with two attached hydrogens (primary N) is 1. The van der Waals surface area contributed by atoms with Crippen LogP contribution >= 0.6 is 0 Å². The molecule has 3 N–H and O–H groups in total. The van der Waals surface area contributed by atoms with Crippen molar-refractivity contribution in [2.45, 2.75) is 19.6 Å². The first-order chi connectivity index (χ1) is 14.0. The third kappa shape index (κ3) is 7.70. The number of halogens is 3. The van der Waals surface area contributed by atoms with Crippen molar-refractivity contribution in [2.75, 3.05) is 16.8 Å². The molecular weight excluding hydrogens is 425 g/mol. The molecule has 1 aromatic carbocycles. The fourth-order valence-corrected chi connectivity index (χ4v) is 3.88. The van der Waals surface area contributed by atoms with Gasteiger partial charge < -0.3 is 15.8 Å². The molecule has 8 nitrogen and oxygen atoms in total. The largest absolute Gasteiger partial charge is 0.433 e. The Morgan fingerprint density at radius 3 is 2.40 bits per heavy atom. The Kier molecular flexibility index (Phi) is 7.75. The molecule has 1 aliphatic rings. The summed E-state index contributed by atoms with van der Waals surface area (Å²) in [5.74, 6) is -0.808. The van der Waals surface area contributed by atoms with Crippen LogP contribution in [0.4, 0.5) is 18.9 Å². The Morgan fingerprint density at radius 2 is 1.90 bits per heavy atom. The van der Waals surface area contributed by atoms with Gasteiger partial charge in [0.2, 0.25) is 0 Å². The van der Waals surface area contributed by atoms with Crippen molar-refractivity contribution in [3.63, 3.8) is 0 Å². The molecule has 3 rings (SSSR count). The van der Waals surface area contributed by atoms with Crippen LogP contribution in [0.1, 0.15) is 17.4 Å². The number of alkyl halides is 2. The first kappa shape index (κ1) is 23.1. The van der Waals surface area contributed by atoms with E-state index in [1.165, 1.54) is 36.4 Å². The van der Waals surface area contributed by atoms with Crippen LogP contribution in [0.2, 0.25) is 0 Å². The Bertz CT molecular complexity index is 997. The van der Waals surface area contributed by atoms with Crippen LogP contribution in [0, 0.1) is 5.82 Å². The number of amides is 1. The summed E-state index contributed by atoms with van der Waals surface area (Å²) in [6.07, 6.45) is 1.02. The molecular formula is C18H19F3N4O4S. The standard InChI is InChI=1S/C13H9F3N2O2.C5H10N2O2S/c14-8-1-3-9(4-2-8)18-12(19)11-6-5-10(7-17-11)20-13(15)16;1-4-2-10(8,9)3-5(6)7-4/h1-7,13H,(H,18,19);4H,2-3H2,1H3,(H2,6,7). The molecule has 0 saturated heterocycles. The van der Waals surface area contributed by atoms with E-state index in [1.54, 1.807) is 6.92 Å². The van der Waals surface area contributed by atoms with Crippen LogP contribution in [0.15, 0.2) is 47.6 Å². The predicted molar refractivity (Wildman–Crippen MR) is 105 cm³/mol. The van der Waals surface area contributed by atoms with Crippen molar-refractivity contribution in [3.8, 4) is 5.75 Å². The number of rotatable bonds is 4. The maximum absolute atomic E-state index is 12.7. The quantitative estimate of drug-likeness (QED) is 0.745. The molecule has 2 aromatic rings. The van der Waals surface area contributed by atoms with Crippen LogP contribution in [-0.4, -0.2) is 49.3 Å². The van der Waals surface area contributed by atoms with E-state index in [1.807, 2.05) is 0 Å². The van der Waals surface area contributed by atoms with Crippen molar-refractivity contribution >= 4 is 27.3 Å². The van der Waals surface area contributed by atoms with E-state index in [9.17, 15) is 26.4 Å². The number of carbonyl (C=O) groups is 1. The lowest BCUT2D eigenvalue weighted by Crippen LogP contribution is -2.35. The summed E-state index contributed by atoms with van der Waals surface area (Å²) in [6.45, 7) is -1.21. The van der Waals surface area contributed by atoms with E-state index in [2.05, 4.69) is 20.0 Å². The number of aliphatic imine (C=N–C) groups is 1. The van der Waals surface area contributed by atoms with E-state index in [4.69, 9.17) is 5.73 Å². The molecule has 1 unspecified atom stereocenters. The third-order valence-electron chi connectivity index (χ3n) is 3.55. The molecule has 0 bridgehead atoms. The van der Waals surface area contributed by atoms with Gasteiger partial charge >= 0.3 is 6.61 Å². The molecule has 0 saturated carbocycles. The number of sulfone groups is 1. The van der Waals surface area contributed by atoms with E-state index >= 15 is 0 Å². The van der Waals surface area contributed by atoms with E-state index < -0.39 is 28.2 Å². The topological polar surface area (TPSA) is 124 Å². The molecule has 12 heteroatoms. The number of amidine groups is 1. The highest BCUT2D eigenvalue weighted by atomic mass is 32.2. The number of benzene rings is 1. The number of pyridine rings is 1. The van der Waals surface area contributed by atoms with Gasteiger partial charge in [0.1, 0.15) is 28.8 Å². The summed E-state index contributed by atoms with van der Waals surface area (Å²) >= 11 is 0. The summed E-state index contributed by atoms with van der Waals surface area (Å²) < 4.78 is 62.5. The SMILES string of the molecule is CC1CS(=O)(=O)CC(N)=N1.O=C(Nc1ccc(F)cc1)c1ccc(OC(F)F)cn1. The number of anilines is 1. The molecule has 1 atom stereocenters. The lowest BCUT2D eigenvalue weighted by Gasteiger charge is -2.14. The highest BCUT2D eigenvalue weighted by Crippen LogP contribution is 2.14. The molecule has 1 amide bonds. The molecule has 0 aliphatic carbocycles. The number of aromatic nitrogens is 1. The van der Waals surface area contributed by atoms with Crippen LogP contribution in [0.3, 0.4) is 0 Å². The first-order valence-electron chi connectivity index (χ1n) is 8.54. The Labute approximate surface area is 170 Å². The maximum Gasteiger partial charge on any atom is 0.387 e. The highest BCUT2D eigenvalue weighted by Gasteiger charge is 2.22. The van der Waals surface area contributed by atoms with Gasteiger partial charge in [0.05, 0.1) is 18.0 Å². The van der Waals surface area contributed by atoms with E-state index in [-0.39, 0.29) is 34.8 Å². The Hall–Kier alpha value is -3.15. The van der Waals surface area contributed by atoms with Crippen molar-refractivity contribution in [3.05, 3.63) is 54.1 Å². The fourth-order valence-electron chi connectivity index (χ4n) is 2.42. The Morgan fingerprint density at radius 1 is 1.23 bits per heavy atom. The van der Waals surface area contributed by atoms with E-state index in [0.29, 0.717) is 5.69 Å². The number of nitrogens with one attached hydrogen (secondary N) is 1. The third-order valence-corrected chi connectivity index (χ3v) is 5.27. The van der Waals surface area contributed by atoms with Gasteiger partial charge in [0, 0.05) is 5.69 Å². The molecule has 1 aliphatic heterocycles. The van der Waals surface area contributed by atoms with Crippen LogP contribution < -0.4 is 15.8 Å². The molecule has 0 fully saturated rings. The smallest absolute Gasteiger partial charge is 0.387 e. The molecule has 30 heavy (non-hydrogen) atoms. The van der Waals surface area contributed by atoms with Gasteiger partial charge in [-0.25, -0.2) is 17.8 Å². The second-order valence-corrected chi connectivity index (χ2v) is 8.35. The average Bonchev–Trinajstić information content (AvgIpc) is 2.62. The summed E-state index contributed by atoms with van der Waals surface area (Å²) in [4.78, 5) is 19.4. The second kappa shape index (κ2) is 10.1. The second-order valence-electron chi connectivity index (χ2n) is 6.24. The van der Waals surface area contributed by atoms with Crippen molar-refractivity contribution in [1.82, 2.24) is 4.98 Å². The van der Waals surface area contributed by atoms with Crippen LogP contribution in [0.5, 0.6) is 5.75 Å². The Balaban J connectivity index is 0.000000269. The molecule has 0 radical (unpaired) electrons. The minimum absolute atomic E-state index is 0.0240. The zero-order chi connectivity index (χ0) is 22.3. The fraction of sp³-hybridized carbons (Fsp3) is 0.278. The summed E-state index contributed by atoms with van der Waals surface area (Å²) in [5.41, 5.74) is 5.69. The number of ether oxygens (including phenoxy) is 1. The minimum atomic E-state index is -2.95. The van der Waals surface area contributed by atoms with Crippen molar-refractivity contribution in [2.24, 2.45) is 10.7 Å². The summed E-state index contributed by atoms with van der Waals surface area (Å²) in [6, 6.07) is 7.46. The van der Waals surface area contributed by atoms with Gasteiger partial charge in [-0.3, -0.25) is 9.79 Å². The molecule has 1 aromatic heterocycles. The zero-order valence-electron chi connectivity index (χ0n) is 15.8. The minimum Gasteiger partial charge on any atom is -0.433 e. The van der Waals surface area contributed by atoms with Crippen LogP contribution in [-0.2, 0) is 9.84 Å². The monoisotopic (exact) mass is 444 g/mol. The van der Waals surface area contributed by atoms with Crippen molar-refractivity contribution in [1.29, 1.82) is 0 Å². The van der Waals surface area contributed by atoms with Gasteiger partial charge in [-0.2, -0.15) is 8.78 Å². The van der Waals surface area contributed by atoms with Gasteiger partial charge in [-0.1, -0.05) is 0 Å². The van der Waals surface area contributed by atoms with Gasteiger partial charge in [-0.05, 0) is 43.3 Å². The molecule has 2 heterocycles. The number of hydrogen-bond acceptors (Lipinski definition) is 7. The molecule has 0 spiro atoms. The number of nitrogens with zero attached hydrogens (tertiary/aromatic N) is 2. The van der Waals surface area contributed by atoms with Crippen molar-refractivity contribution < 1.29 is 31.1 Å². The summed E-state index contributed by atoms with van der Waals surface area (Å²) in [5, 5.41) is 2.49. The average molecular weight is 444 g/mol. The zero-order valence-corrected chi connectivity index (χ0v) is 16.6. The molecule has 162 valence electrons. The van der Waals surface area contributed by atoms with Crippen LogP contribution in [0.25, 0.3) is 0 Å². The lowest BCUT2D eigenvalue weighted by atomic mass is 10.3. The predicted octanol–water partition coefficient (Wildman–Crippen LogP) is 2.23. The maximum atomic E-state index is 12.7. The van der Waals surface area contributed by atoms with E-state index in [0.717, 1.165) is 6.20 Å². The first-order valence-corrected chi connectivity index (χ1v) is 10.4. The number of carbonyl (C=O) groups excluding carboxylic acids is 1. The normalized spacial score (nSPS) is 17.4. The van der Waals surface area contributed by atoms with Gasteiger partial charge in [0.15, 0.2) is 9.84 Å². The van der Waals surface area contributed by atoms with Gasteiger partial charge in [0.25, 0.3) is 5.91 Å². The van der Waals surface area contributed by atoms with Gasteiger partial charge in [-0.15, -0.1) is 0 Å². The number of hydrogen-bond donors (Lipinski definition) is 2. The highest BCUT2D eigenvalue weighted by molar-refractivity contribution is 7.92. The lowest BCUT2D eigenvalue weighted by molar-refractivity contribution is -0.0500. The summed E-state index contributed by atoms with van der Waals surface area (Å²) in [7, 11) is -2.94.